The van der Waals surface area contributed by atoms with Crippen LogP contribution in [0.25, 0.3) is 0 Å². The fourth-order valence-corrected chi connectivity index (χ4v) is 3.30. The molecule has 2 rings (SSSR count). The monoisotopic (exact) mass is 363 g/mol. The maximum atomic E-state index is 12.3. The van der Waals surface area contributed by atoms with Gasteiger partial charge in [-0.3, -0.25) is 9.78 Å². The van der Waals surface area contributed by atoms with E-state index in [-0.39, 0.29) is 30.0 Å². The van der Waals surface area contributed by atoms with Crippen LogP contribution in [-0.2, 0) is 16.4 Å². The highest BCUT2D eigenvalue weighted by atomic mass is 32.2. The topological polar surface area (TPSA) is 108 Å². The van der Waals surface area contributed by atoms with E-state index in [1.165, 1.54) is 24.3 Å². The lowest BCUT2D eigenvalue weighted by atomic mass is 10.1. The number of carbonyl (C=O) groups is 1. The van der Waals surface area contributed by atoms with E-state index in [2.05, 4.69) is 15.0 Å². The molecule has 0 fully saturated rings. The van der Waals surface area contributed by atoms with Crippen molar-refractivity contribution in [3.8, 4) is 0 Å². The highest BCUT2D eigenvalue weighted by molar-refractivity contribution is 7.89. The first-order valence-corrected chi connectivity index (χ1v) is 9.31. The van der Waals surface area contributed by atoms with Gasteiger partial charge in [0.2, 0.25) is 10.0 Å². The summed E-state index contributed by atoms with van der Waals surface area (Å²) < 4.78 is 26.1. The molecule has 1 atom stereocenters. The summed E-state index contributed by atoms with van der Waals surface area (Å²) >= 11 is 0. The maximum absolute atomic E-state index is 12.3. The number of aromatic nitrogens is 1. The number of rotatable bonds is 8. The van der Waals surface area contributed by atoms with Gasteiger partial charge in [0.1, 0.15) is 0 Å². The summed E-state index contributed by atoms with van der Waals surface area (Å²) in [6, 6.07) is 9.33. The maximum Gasteiger partial charge on any atom is 0.251 e. The molecule has 0 aliphatic carbocycles. The Morgan fingerprint density at radius 1 is 1.24 bits per heavy atom. The zero-order valence-electron chi connectivity index (χ0n) is 13.8. The summed E-state index contributed by atoms with van der Waals surface area (Å²) in [5.41, 5.74) is 1.39. The number of hydrogen-bond donors (Lipinski definition) is 3. The number of nitrogens with one attached hydrogen (secondary N) is 2. The molecule has 0 saturated carbocycles. The minimum atomic E-state index is -3.68. The van der Waals surface area contributed by atoms with Gasteiger partial charge >= 0.3 is 0 Å². The Morgan fingerprint density at radius 2 is 1.96 bits per heavy atom. The standard InChI is InChI=1S/C17H21N3O4S/c1-13(11-14-3-2-8-18-12-14)20-17(22)15-4-6-16(7-5-15)25(23,24)19-9-10-21/h2-8,12-13,19,21H,9-11H2,1H3,(H,20,22)/t13-/m1/s1. The van der Waals surface area contributed by atoms with Gasteiger partial charge in [-0.1, -0.05) is 6.07 Å². The third-order valence-corrected chi connectivity index (χ3v) is 4.95. The van der Waals surface area contributed by atoms with E-state index in [0.29, 0.717) is 12.0 Å². The van der Waals surface area contributed by atoms with Crippen LogP contribution in [-0.4, -0.2) is 43.6 Å². The lowest BCUT2D eigenvalue weighted by molar-refractivity contribution is 0.0940. The van der Waals surface area contributed by atoms with Gasteiger partial charge in [-0.15, -0.1) is 0 Å². The number of sulfonamides is 1. The van der Waals surface area contributed by atoms with Crippen molar-refractivity contribution >= 4 is 15.9 Å². The van der Waals surface area contributed by atoms with Gasteiger partial charge in [-0.05, 0) is 49.2 Å². The van der Waals surface area contributed by atoms with E-state index < -0.39 is 10.0 Å². The Labute approximate surface area is 147 Å². The van der Waals surface area contributed by atoms with Gasteiger partial charge in [0.25, 0.3) is 5.91 Å². The minimum absolute atomic E-state index is 0.0425. The predicted octanol–water partition coefficient (Wildman–Crippen LogP) is 0.713. The quantitative estimate of drug-likeness (QED) is 0.640. The Hall–Kier alpha value is -2.29. The third-order valence-electron chi connectivity index (χ3n) is 3.47. The molecule has 7 nitrogen and oxygen atoms in total. The summed E-state index contributed by atoms with van der Waals surface area (Å²) in [5, 5.41) is 11.6. The first-order chi connectivity index (χ1) is 11.9. The first-order valence-electron chi connectivity index (χ1n) is 7.83. The van der Waals surface area contributed by atoms with Crippen LogP contribution >= 0.6 is 0 Å². The normalized spacial score (nSPS) is 12.6. The largest absolute Gasteiger partial charge is 0.395 e. The number of pyridine rings is 1. The van der Waals surface area contributed by atoms with E-state index in [4.69, 9.17) is 5.11 Å². The molecule has 1 heterocycles. The number of carbonyl (C=O) groups excluding carboxylic acids is 1. The Morgan fingerprint density at radius 3 is 2.56 bits per heavy atom. The van der Waals surface area contributed by atoms with Crippen LogP contribution in [0.2, 0.25) is 0 Å². The number of aliphatic hydroxyl groups is 1. The molecule has 0 aliphatic rings. The molecule has 0 saturated heterocycles. The van der Waals surface area contributed by atoms with Crippen LogP contribution in [0.5, 0.6) is 0 Å². The number of amides is 1. The fraction of sp³-hybridized carbons (Fsp3) is 0.294. The average molecular weight is 363 g/mol. The Balaban J connectivity index is 1.98. The van der Waals surface area contributed by atoms with E-state index in [0.717, 1.165) is 5.56 Å². The van der Waals surface area contributed by atoms with E-state index in [9.17, 15) is 13.2 Å². The van der Waals surface area contributed by atoms with Crippen LogP contribution in [0.3, 0.4) is 0 Å². The predicted molar refractivity (Wildman–Crippen MR) is 93.6 cm³/mol. The molecule has 0 spiro atoms. The number of aliphatic hydroxyl groups excluding tert-OH is 1. The van der Waals surface area contributed by atoms with Crippen molar-refractivity contribution in [1.82, 2.24) is 15.0 Å². The van der Waals surface area contributed by atoms with Crippen molar-refractivity contribution in [2.24, 2.45) is 0 Å². The second-order valence-electron chi connectivity index (χ2n) is 5.59. The molecule has 2 aromatic rings. The summed E-state index contributed by atoms with van der Waals surface area (Å²) in [6.45, 7) is 1.55. The molecule has 0 bridgehead atoms. The van der Waals surface area contributed by atoms with Gasteiger partial charge in [0, 0.05) is 30.5 Å². The summed E-state index contributed by atoms with van der Waals surface area (Å²) in [4.78, 5) is 16.3. The van der Waals surface area contributed by atoms with Crippen LogP contribution in [0, 0.1) is 0 Å². The van der Waals surface area contributed by atoms with E-state index in [1.54, 1.807) is 12.4 Å². The first kappa shape index (κ1) is 19.0. The van der Waals surface area contributed by atoms with Crippen LogP contribution in [0.15, 0.2) is 53.7 Å². The Kier molecular flexibility index (Phi) is 6.63. The molecule has 0 aliphatic heterocycles. The van der Waals surface area contributed by atoms with E-state index in [1.807, 2.05) is 19.1 Å². The number of hydrogen-bond acceptors (Lipinski definition) is 5. The highest BCUT2D eigenvalue weighted by Gasteiger charge is 2.15. The van der Waals surface area contributed by atoms with Crippen LogP contribution in [0.4, 0.5) is 0 Å². The van der Waals surface area contributed by atoms with Crippen molar-refractivity contribution in [2.45, 2.75) is 24.3 Å². The van der Waals surface area contributed by atoms with Gasteiger partial charge in [0.15, 0.2) is 0 Å². The van der Waals surface area contributed by atoms with Gasteiger partial charge < -0.3 is 10.4 Å². The van der Waals surface area contributed by atoms with Crippen LogP contribution in [0.1, 0.15) is 22.8 Å². The molecule has 1 amide bonds. The average Bonchev–Trinajstić information content (AvgIpc) is 2.61. The zero-order valence-corrected chi connectivity index (χ0v) is 14.7. The Bertz CT molecular complexity index is 792. The van der Waals surface area contributed by atoms with Crippen molar-refractivity contribution in [3.63, 3.8) is 0 Å². The zero-order chi connectivity index (χ0) is 18.3. The lowest BCUT2D eigenvalue weighted by Gasteiger charge is -2.14. The number of nitrogens with zero attached hydrogens (tertiary/aromatic N) is 1. The number of benzene rings is 1. The van der Waals surface area contributed by atoms with Crippen molar-refractivity contribution in [2.75, 3.05) is 13.2 Å². The molecule has 3 N–H and O–H groups in total. The second-order valence-corrected chi connectivity index (χ2v) is 7.35. The SMILES string of the molecule is C[C@H](Cc1cccnc1)NC(=O)c1ccc(S(=O)(=O)NCCO)cc1. The lowest BCUT2D eigenvalue weighted by Crippen LogP contribution is -2.34. The molecule has 1 aromatic heterocycles. The molecule has 0 radical (unpaired) electrons. The molecular weight excluding hydrogens is 342 g/mol. The molecular formula is C17H21N3O4S. The summed E-state index contributed by atoms with van der Waals surface area (Å²) in [5.74, 6) is -0.274. The van der Waals surface area contributed by atoms with Gasteiger partial charge in [-0.25, -0.2) is 13.1 Å². The molecule has 0 unspecified atom stereocenters. The summed E-state index contributed by atoms with van der Waals surface area (Å²) in [6.07, 6.45) is 4.09. The van der Waals surface area contributed by atoms with Gasteiger partial charge in [0.05, 0.1) is 11.5 Å². The second kappa shape index (κ2) is 8.70. The summed E-state index contributed by atoms with van der Waals surface area (Å²) in [7, 11) is -3.68. The van der Waals surface area contributed by atoms with Crippen LogP contribution < -0.4 is 10.0 Å². The smallest absolute Gasteiger partial charge is 0.251 e. The third kappa shape index (κ3) is 5.63. The minimum Gasteiger partial charge on any atom is -0.395 e. The highest BCUT2D eigenvalue weighted by Crippen LogP contribution is 2.11. The van der Waals surface area contributed by atoms with Crippen molar-refractivity contribution in [1.29, 1.82) is 0 Å². The molecule has 1 aromatic carbocycles. The fourth-order valence-electron chi connectivity index (χ4n) is 2.28. The van der Waals surface area contributed by atoms with E-state index >= 15 is 0 Å². The van der Waals surface area contributed by atoms with Crippen molar-refractivity contribution < 1.29 is 18.3 Å². The molecule has 134 valence electrons. The van der Waals surface area contributed by atoms with Gasteiger partial charge in [-0.2, -0.15) is 0 Å². The molecule has 25 heavy (non-hydrogen) atoms. The molecule has 8 heteroatoms. The van der Waals surface area contributed by atoms with Crippen molar-refractivity contribution in [3.05, 3.63) is 59.9 Å².